The van der Waals surface area contributed by atoms with E-state index in [-0.39, 0.29) is 11.1 Å². The third kappa shape index (κ3) is 3.58. The molecular weight excluding hydrogens is 413 g/mol. The Kier molecular flexibility index (Phi) is 5.64. The van der Waals surface area contributed by atoms with Crippen molar-refractivity contribution in [3.05, 3.63) is 95.3 Å². The normalized spacial score (nSPS) is 17.5. The van der Waals surface area contributed by atoms with E-state index in [1.165, 1.54) is 37.3 Å². The molecule has 1 heterocycles. The summed E-state index contributed by atoms with van der Waals surface area (Å²) in [5.41, 5.74) is 0.577. The highest BCUT2D eigenvalue weighted by Gasteiger charge is 2.47. The van der Waals surface area contributed by atoms with Crippen LogP contribution in [0.3, 0.4) is 0 Å². The van der Waals surface area contributed by atoms with Crippen molar-refractivity contribution in [3.8, 4) is 11.5 Å². The lowest BCUT2D eigenvalue weighted by Crippen LogP contribution is -2.29. The highest BCUT2D eigenvalue weighted by atomic mass is 19.1. The van der Waals surface area contributed by atoms with Crippen molar-refractivity contribution in [2.75, 3.05) is 19.1 Å². The standard InChI is InChI=1S/C25H20FNO5/c1-31-17-11-7-15(8-12-17)23(28)21-22(19-5-3-4-6-20(19)26)27(25(30)24(21)29)16-9-13-18(32-2)14-10-16/h3-14,22,28H,1-2H3/t22-/m1/s1. The van der Waals surface area contributed by atoms with E-state index in [1.807, 2.05) is 0 Å². The number of halogens is 1. The molecule has 1 fully saturated rings. The Morgan fingerprint density at radius 1 is 0.875 bits per heavy atom. The molecule has 0 spiro atoms. The number of aliphatic hydroxyl groups is 1. The van der Waals surface area contributed by atoms with Crippen LogP contribution in [0.5, 0.6) is 11.5 Å². The second-order valence-corrected chi connectivity index (χ2v) is 7.12. The van der Waals surface area contributed by atoms with Crippen LogP contribution >= 0.6 is 0 Å². The van der Waals surface area contributed by atoms with Crippen LogP contribution in [0.2, 0.25) is 0 Å². The smallest absolute Gasteiger partial charge is 0.300 e. The van der Waals surface area contributed by atoms with Crippen molar-refractivity contribution >= 4 is 23.1 Å². The van der Waals surface area contributed by atoms with E-state index < -0.39 is 29.3 Å². The van der Waals surface area contributed by atoms with Crippen LogP contribution < -0.4 is 14.4 Å². The molecular formula is C25H20FNO5. The van der Waals surface area contributed by atoms with Crippen LogP contribution in [-0.2, 0) is 9.59 Å². The molecule has 4 rings (SSSR count). The van der Waals surface area contributed by atoms with Crippen molar-refractivity contribution in [1.29, 1.82) is 0 Å². The fourth-order valence-electron chi connectivity index (χ4n) is 3.74. The summed E-state index contributed by atoms with van der Waals surface area (Å²) in [4.78, 5) is 27.3. The van der Waals surface area contributed by atoms with Gasteiger partial charge in [0.05, 0.1) is 25.8 Å². The van der Waals surface area contributed by atoms with E-state index in [0.29, 0.717) is 22.7 Å². The molecule has 1 aliphatic rings. The molecule has 0 bridgehead atoms. The molecule has 0 saturated carbocycles. The zero-order valence-corrected chi connectivity index (χ0v) is 17.4. The molecule has 3 aromatic rings. The van der Waals surface area contributed by atoms with Gasteiger partial charge < -0.3 is 14.6 Å². The maximum absolute atomic E-state index is 14.9. The van der Waals surface area contributed by atoms with Crippen LogP contribution in [0.4, 0.5) is 10.1 Å². The average molecular weight is 433 g/mol. The van der Waals surface area contributed by atoms with Crippen LogP contribution in [0, 0.1) is 5.82 Å². The SMILES string of the molecule is COc1ccc(C(O)=C2C(=O)C(=O)N(c3ccc(OC)cc3)[C@@H]2c2ccccc2F)cc1. The predicted molar refractivity (Wildman–Crippen MR) is 117 cm³/mol. The van der Waals surface area contributed by atoms with Gasteiger partial charge in [0.1, 0.15) is 23.1 Å². The number of carbonyl (C=O) groups excluding carboxylic acids is 2. The Hall–Kier alpha value is -4.13. The molecule has 3 aromatic carbocycles. The Morgan fingerprint density at radius 3 is 2.00 bits per heavy atom. The van der Waals surface area contributed by atoms with E-state index in [4.69, 9.17) is 9.47 Å². The number of methoxy groups -OCH3 is 2. The summed E-state index contributed by atoms with van der Waals surface area (Å²) in [5, 5.41) is 11.0. The monoisotopic (exact) mass is 433 g/mol. The first-order valence-corrected chi connectivity index (χ1v) is 9.80. The minimum absolute atomic E-state index is 0.0950. The highest BCUT2D eigenvalue weighted by Crippen LogP contribution is 2.43. The van der Waals surface area contributed by atoms with Crippen LogP contribution in [0.1, 0.15) is 17.2 Å². The van der Waals surface area contributed by atoms with Gasteiger partial charge in [-0.15, -0.1) is 0 Å². The summed E-state index contributed by atoms with van der Waals surface area (Å²) in [6, 6.07) is 17.6. The number of hydrogen-bond donors (Lipinski definition) is 1. The molecule has 1 N–H and O–H groups in total. The fraction of sp³-hybridized carbons (Fsp3) is 0.120. The quantitative estimate of drug-likeness (QED) is 0.365. The summed E-state index contributed by atoms with van der Waals surface area (Å²) >= 11 is 0. The number of anilines is 1. The van der Waals surface area contributed by atoms with Gasteiger partial charge >= 0.3 is 0 Å². The Bertz CT molecular complexity index is 1200. The molecule has 32 heavy (non-hydrogen) atoms. The minimum Gasteiger partial charge on any atom is -0.507 e. The second-order valence-electron chi connectivity index (χ2n) is 7.12. The van der Waals surface area contributed by atoms with Gasteiger partial charge in [-0.1, -0.05) is 18.2 Å². The van der Waals surface area contributed by atoms with Gasteiger partial charge in [0.2, 0.25) is 0 Å². The van der Waals surface area contributed by atoms with Crippen molar-refractivity contribution in [2.45, 2.75) is 6.04 Å². The molecule has 7 heteroatoms. The minimum atomic E-state index is -1.15. The first-order valence-electron chi connectivity index (χ1n) is 9.80. The van der Waals surface area contributed by atoms with Gasteiger partial charge in [0.25, 0.3) is 11.7 Å². The third-order valence-corrected chi connectivity index (χ3v) is 5.36. The van der Waals surface area contributed by atoms with E-state index in [1.54, 1.807) is 54.6 Å². The van der Waals surface area contributed by atoms with Gasteiger partial charge in [0, 0.05) is 16.8 Å². The molecule has 0 unspecified atom stereocenters. The first-order chi connectivity index (χ1) is 15.5. The van der Waals surface area contributed by atoms with Gasteiger partial charge in [0.15, 0.2) is 0 Å². The summed E-state index contributed by atoms with van der Waals surface area (Å²) in [5.74, 6) is -1.63. The molecule has 162 valence electrons. The number of carbonyl (C=O) groups is 2. The number of aliphatic hydroxyl groups excluding tert-OH is 1. The van der Waals surface area contributed by atoms with Gasteiger partial charge in [-0.05, 0) is 54.6 Å². The van der Waals surface area contributed by atoms with Crippen molar-refractivity contribution < 1.29 is 28.6 Å². The lowest BCUT2D eigenvalue weighted by Gasteiger charge is -2.25. The molecule has 0 radical (unpaired) electrons. The predicted octanol–water partition coefficient (Wildman–Crippen LogP) is 4.47. The number of ketones is 1. The number of benzene rings is 3. The van der Waals surface area contributed by atoms with Crippen LogP contribution in [0.15, 0.2) is 78.4 Å². The van der Waals surface area contributed by atoms with Crippen LogP contribution in [0.25, 0.3) is 5.76 Å². The first kappa shape index (κ1) is 21.1. The lowest BCUT2D eigenvalue weighted by molar-refractivity contribution is -0.132. The lowest BCUT2D eigenvalue weighted by atomic mass is 9.94. The summed E-state index contributed by atoms with van der Waals surface area (Å²) in [6.07, 6.45) is 0. The fourth-order valence-corrected chi connectivity index (χ4v) is 3.74. The Morgan fingerprint density at radius 2 is 1.44 bits per heavy atom. The number of hydrogen-bond acceptors (Lipinski definition) is 5. The molecule has 0 aliphatic carbocycles. The topological polar surface area (TPSA) is 76.1 Å². The zero-order valence-electron chi connectivity index (χ0n) is 17.4. The molecule has 1 aliphatic heterocycles. The van der Waals surface area contributed by atoms with E-state index >= 15 is 0 Å². The average Bonchev–Trinajstić information content (AvgIpc) is 3.09. The maximum Gasteiger partial charge on any atom is 0.300 e. The summed E-state index contributed by atoms with van der Waals surface area (Å²) < 4.78 is 25.1. The van der Waals surface area contributed by atoms with Gasteiger partial charge in [-0.3, -0.25) is 14.5 Å². The van der Waals surface area contributed by atoms with E-state index in [0.717, 1.165) is 0 Å². The zero-order chi connectivity index (χ0) is 22.8. The number of Topliss-reactive ketones (excluding diaryl/α,β-unsaturated/α-hetero) is 1. The second kappa shape index (κ2) is 8.55. The van der Waals surface area contributed by atoms with Gasteiger partial charge in [-0.2, -0.15) is 0 Å². The highest BCUT2D eigenvalue weighted by molar-refractivity contribution is 6.51. The van der Waals surface area contributed by atoms with E-state index in [9.17, 15) is 19.1 Å². The van der Waals surface area contributed by atoms with Crippen molar-refractivity contribution in [1.82, 2.24) is 0 Å². The number of nitrogens with zero attached hydrogens (tertiary/aromatic N) is 1. The molecule has 0 aromatic heterocycles. The number of ether oxygens (including phenoxy) is 2. The molecule has 1 atom stereocenters. The van der Waals surface area contributed by atoms with Gasteiger partial charge in [-0.25, -0.2) is 4.39 Å². The molecule has 1 amide bonds. The van der Waals surface area contributed by atoms with Crippen molar-refractivity contribution in [3.63, 3.8) is 0 Å². The number of amides is 1. The molecule has 6 nitrogen and oxygen atoms in total. The summed E-state index contributed by atoms with van der Waals surface area (Å²) in [7, 11) is 3.02. The third-order valence-electron chi connectivity index (χ3n) is 5.36. The number of rotatable bonds is 5. The summed E-state index contributed by atoms with van der Waals surface area (Å²) in [6.45, 7) is 0. The maximum atomic E-state index is 14.9. The van der Waals surface area contributed by atoms with Crippen LogP contribution in [-0.4, -0.2) is 31.0 Å². The van der Waals surface area contributed by atoms with Crippen molar-refractivity contribution in [2.24, 2.45) is 0 Å². The van der Waals surface area contributed by atoms with E-state index in [2.05, 4.69) is 0 Å². The largest absolute Gasteiger partial charge is 0.507 e. The Labute approximate surface area is 184 Å². The Balaban J connectivity index is 1.92. The molecule has 1 saturated heterocycles.